The molecule has 0 bridgehead atoms. The van der Waals surface area contributed by atoms with E-state index < -0.39 is 0 Å². The molecule has 0 aliphatic rings. The van der Waals surface area contributed by atoms with Crippen LogP contribution in [0.4, 0.5) is 0 Å². The van der Waals surface area contributed by atoms with Crippen LogP contribution in [0.15, 0.2) is 10.4 Å². The van der Waals surface area contributed by atoms with Gasteiger partial charge in [-0.3, -0.25) is 4.79 Å². The van der Waals surface area contributed by atoms with E-state index in [1.807, 2.05) is 6.92 Å². The summed E-state index contributed by atoms with van der Waals surface area (Å²) in [6.07, 6.45) is 0. The third-order valence-corrected chi connectivity index (χ3v) is 3.34. The van der Waals surface area contributed by atoms with Crippen molar-refractivity contribution in [2.24, 2.45) is 0 Å². The predicted octanol–water partition coefficient (Wildman–Crippen LogP) is 3.01. The molecular formula is C5H7ClOS2. The fourth-order valence-electron chi connectivity index (χ4n) is 0.143. The van der Waals surface area contributed by atoms with E-state index >= 15 is 0 Å². The first-order valence-electron chi connectivity index (χ1n) is 2.29. The highest BCUT2D eigenvalue weighted by Gasteiger charge is 1.94. The molecule has 0 atom stereocenters. The number of carbonyl (C=O) groups is 1. The van der Waals surface area contributed by atoms with Gasteiger partial charge >= 0.3 is 0 Å². The minimum Gasteiger partial charge on any atom is -0.287 e. The van der Waals surface area contributed by atoms with Gasteiger partial charge in [-0.2, -0.15) is 0 Å². The van der Waals surface area contributed by atoms with Crippen molar-refractivity contribution in [1.82, 2.24) is 0 Å². The zero-order valence-electron chi connectivity index (χ0n) is 5.18. The average molecular weight is 183 g/mol. The molecule has 0 aromatic carbocycles. The molecule has 4 heteroatoms. The Labute approximate surface area is 67.6 Å². The zero-order valence-corrected chi connectivity index (χ0v) is 7.57. The second-order valence-corrected chi connectivity index (χ2v) is 4.15. The van der Waals surface area contributed by atoms with Gasteiger partial charge in [0.15, 0.2) is 5.12 Å². The van der Waals surface area contributed by atoms with Crippen molar-refractivity contribution in [1.29, 1.82) is 0 Å². The van der Waals surface area contributed by atoms with Crippen molar-refractivity contribution in [3.8, 4) is 0 Å². The second-order valence-electron chi connectivity index (χ2n) is 1.38. The number of hydrogen-bond donors (Lipinski definition) is 0. The maximum Gasteiger partial charge on any atom is 0.196 e. The van der Waals surface area contributed by atoms with Crippen molar-refractivity contribution in [3.63, 3.8) is 0 Å². The summed E-state index contributed by atoms with van der Waals surface area (Å²) in [5.41, 5.74) is 1.46. The number of carbonyl (C=O) groups excluding carboxylic acids is 1. The molecule has 1 nitrogen and oxygen atoms in total. The van der Waals surface area contributed by atoms with Crippen LogP contribution in [0.25, 0.3) is 0 Å². The topological polar surface area (TPSA) is 17.1 Å². The molecule has 9 heavy (non-hydrogen) atoms. The van der Waals surface area contributed by atoms with Crippen molar-refractivity contribution < 1.29 is 4.79 Å². The van der Waals surface area contributed by atoms with Crippen LogP contribution in [-0.2, 0) is 4.79 Å². The van der Waals surface area contributed by atoms with E-state index in [0.29, 0.717) is 0 Å². The molecule has 0 aliphatic carbocycles. The van der Waals surface area contributed by atoms with Gasteiger partial charge < -0.3 is 0 Å². The van der Waals surface area contributed by atoms with Gasteiger partial charge in [-0.1, -0.05) is 22.4 Å². The Morgan fingerprint density at radius 1 is 1.44 bits per heavy atom. The van der Waals surface area contributed by atoms with Crippen molar-refractivity contribution in [3.05, 3.63) is 10.4 Å². The normalized spacial score (nSPS) is 11.7. The summed E-state index contributed by atoms with van der Waals surface area (Å²) in [7, 11) is 2.57. The predicted molar refractivity (Wildman–Crippen MR) is 45.5 cm³/mol. The van der Waals surface area contributed by atoms with E-state index in [0.717, 1.165) is 4.91 Å². The van der Waals surface area contributed by atoms with Gasteiger partial charge in [0.2, 0.25) is 0 Å². The van der Waals surface area contributed by atoms with Crippen LogP contribution < -0.4 is 0 Å². The molecule has 0 radical (unpaired) electrons. The molecule has 52 valence electrons. The summed E-state index contributed by atoms with van der Waals surface area (Å²) in [5.74, 6) is 0. The van der Waals surface area contributed by atoms with Gasteiger partial charge in [0.25, 0.3) is 0 Å². The molecule has 0 fully saturated rings. The molecule has 0 rings (SSSR count). The number of halogens is 1. The summed E-state index contributed by atoms with van der Waals surface area (Å²) >= 11 is 5.33. The van der Waals surface area contributed by atoms with Crippen LogP contribution >= 0.6 is 33.2 Å². The van der Waals surface area contributed by atoms with Gasteiger partial charge in [-0.05, 0) is 17.7 Å². The SMILES string of the molecule is CC(=O)SS/C(C)=C\Cl. The van der Waals surface area contributed by atoms with E-state index in [-0.39, 0.29) is 5.12 Å². The van der Waals surface area contributed by atoms with E-state index in [9.17, 15) is 4.79 Å². The quantitative estimate of drug-likeness (QED) is 0.612. The smallest absolute Gasteiger partial charge is 0.196 e. The first kappa shape index (κ1) is 9.40. The fraction of sp³-hybridized carbons (Fsp3) is 0.400. The molecule has 0 unspecified atom stereocenters. The number of hydrogen-bond acceptors (Lipinski definition) is 3. The molecule has 0 heterocycles. The summed E-state index contributed by atoms with van der Waals surface area (Å²) in [4.78, 5) is 11.3. The van der Waals surface area contributed by atoms with Gasteiger partial charge in [-0.15, -0.1) is 0 Å². The van der Waals surface area contributed by atoms with E-state index in [4.69, 9.17) is 11.6 Å². The standard InChI is InChI=1S/C5H7ClOS2/c1-4(3-6)8-9-5(2)7/h3H,1-2H3/b4-3-. The highest BCUT2D eigenvalue weighted by Crippen LogP contribution is 2.29. The summed E-state index contributed by atoms with van der Waals surface area (Å²) in [5, 5.41) is 0.0952. The van der Waals surface area contributed by atoms with Gasteiger partial charge in [0.05, 0.1) is 0 Å². The largest absolute Gasteiger partial charge is 0.287 e. The molecule has 0 spiro atoms. The van der Waals surface area contributed by atoms with Crippen LogP contribution in [0, 0.1) is 0 Å². The molecule has 0 aliphatic heterocycles. The molecule has 0 saturated carbocycles. The Kier molecular flexibility index (Phi) is 5.44. The first-order valence-corrected chi connectivity index (χ1v) is 4.87. The van der Waals surface area contributed by atoms with E-state index in [2.05, 4.69) is 0 Å². The van der Waals surface area contributed by atoms with Crippen LogP contribution in [0.2, 0.25) is 0 Å². The fourth-order valence-corrected chi connectivity index (χ4v) is 1.61. The lowest BCUT2D eigenvalue weighted by Crippen LogP contribution is -1.73. The van der Waals surface area contributed by atoms with E-state index in [1.54, 1.807) is 0 Å². The molecule has 0 amide bonds. The number of allylic oxidation sites excluding steroid dienone is 1. The summed E-state index contributed by atoms with van der Waals surface area (Å²) < 4.78 is 0. The lowest BCUT2D eigenvalue weighted by Gasteiger charge is -1.92. The average Bonchev–Trinajstić information content (AvgIpc) is 1.83. The molecule has 0 aromatic heterocycles. The highest BCUT2D eigenvalue weighted by atomic mass is 35.5. The third kappa shape index (κ3) is 6.28. The highest BCUT2D eigenvalue weighted by molar-refractivity contribution is 8.83. The summed E-state index contributed by atoms with van der Waals surface area (Å²) in [6, 6.07) is 0. The van der Waals surface area contributed by atoms with E-state index in [1.165, 1.54) is 34.0 Å². The van der Waals surface area contributed by atoms with Gasteiger partial charge in [0, 0.05) is 17.4 Å². The lowest BCUT2D eigenvalue weighted by molar-refractivity contribution is -0.109. The van der Waals surface area contributed by atoms with Crippen molar-refractivity contribution in [2.75, 3.05) is 0 Å². The van der Waals surface area contributed by atoms with Gasteiger partial charge in [0.1, 0.15) is 0 Å². The Morgan fingerprint density at radius 2 is 2.00 bits per heavy atom. The minimum absolute atomic E-state index is 0.0952. The monoisotopic (exact) mass is 182 g/mol. The zero-order chi connectivity index (χ0) is 7.28. The Balaban J connectivity index is 3.39. The Hall–Kier alpha value is 0.400. The molecule has 0 saturated heterocycles. The first-order chi connectivity index (χ1) is 4.16. The van der Waals surface area contributed by atoms with Crippen molar-refractivity contribution >= 4 is 38.3 Å². The maximum atomic E-state index is 10.3. The van der Waals surface area contributed by atoms with Gasteiger partial charge in [-0.25, -0.2) is 0 Å². The summed E-state index contributed by atoms with van der Waals surface area (Å²) in [6.45, 7) is 3.38. The number of rotatable bonds is 2. The lowest BCUT2D eigenvalue weighted by atomic mass is 10.8. The minimum atomic E-state index is 0.0952. The molecule has 0 N–H and O–H groups in total. The Morgan fingerprint density at radius 3 is 2.33 bits per heavy atom. The van der Waals surface area contributed by atoms with Crippen molar-refractivity contribution in [2.45, 2.75) is 13.8 Å². The van der Waals surface area contributed by atoms with Crippen LogP contribution in [0.1, 0.15) is 13.8 Å². The second kappa shape index (κ2) is 5.21. The maximum absolute atomic E-state index is 10.3. The molecular weight excluding hydrogens is 176 g/mol. The van der Waals surface area contributed by atoms with Crippen LogP contribution in [-0.4, -0.2) is 5.12 Å². The van der Waals surface area contributed by atoms with Crippen LogP contribution in [0.5, 0.6) is 0 Å². The van der Waals surface area contributed by atoms with Crippen LogP contribution in [0.3, 0.4) is 0 Å². The Bertz CT molecular complexity index is 133. The third-order valence-electron chi connectivity index (χ3n) is 0.444. The molecule has 0 aromatic rings.